The molecule has 1 heterocycles. The van der Waals surface area contributed by atoms with Crippen LogP contribution in [-0.4, -0.2) is 12.5 Å². The monoisotopic (exact) mass is 286 g/mol. The van der Waals surface area contributed by atoms with E-state index in [4.69, 9.17) is 5.73 Å². The van der Waals surface area contributed by atoms with Gasteiger partial charge in [0.15, 0.2) is 0 Å². The Balaban J connectivity index is 1.70. The van der Waals surface area contributed by atoms with Gasteiger partial charge in [-0.1, -0.05) is 50.7 Å². The van der Waals surface area contributed by atoms with E-state index in [-0.39, 0.29) is 11.9 Å². The first-order valence-electron chi connectivity index (χ1n) is 8.40. The van der Waals surface area contributed by atoms with E-state index in [1.54, 1.807) is 0 Å². The van der Waals surface area contributed by atoms with E-state index in [1.165, 1.54) is 38.5 Å². The molecule has 1 amide bonds. The summed E-state index contributed by atoms with van der Waals surface area (Å²) in [6.07, 6.45) is 10.1. The molecule has 2 aliphatic rings. The lowest BCUT2D eigenvalue weighted by atomic mass is 9.88. The molecule has 1 atom stereocenters. The molecule has 3 nitrogen and oxygen atoms in total. The maximum Gasteiger partial charge on any atom is 0.251 e. The molecule has 1 unspecified atom stereocenters. The zero-order valence-electron chi connectivity index (χ0n) is 12.7. The van der Waals surface area contributed by atoms with Gasteiger partial charge in [-0.05, 0) is 36.0 Å². The second-order valence-electron chi connectivity index (χ2n) is 6.62. The van der Waals surface area contributed by atoms with Gasteiger partial charge in [0.25, 0.3) is 5.91 Å². The van der Waals surface area contributed by atoms with Gasteiger partial charge >= 0.3 is 0 Å². The fraction of sp³-hybridized carbons (Fsp3) is 0.611. The molecular formula is C18H26N2O. The molecule has 1 aromatic carbocycles. The normalized spacial score (nSPS) is 21.3. The zero-order chi connectivity index (χ0) is 14.7. The number of amides is 1. The van der Waals surface area contributed by atoms with Gasteiger partial charge < -0.3 is 11.1 Å². The summed E-state index contributed by atoms with van der Waals surface area (Å²) < 4.78 is 0. The van der Waals surface area contributed by atoms with Crippen LogP contribution < -0.4 is 11.1 Å². The minimum atomic E-state index is 0.0553. The second-order valence-corrected chi connectivity index (χ2v) is 6.62. The molecule has 0 radical (unpaired) electrons. The van der Waals surface area contributed by atoms with Gasteiger partial charge in [0.2, 0.25) is 0 Å². The quantitative estimate of drug-likeness (QED) is 0.837. The number of rotatable bonds is 3. The predicted octanol–water partition coefficient (Wildman–Crippen LogP) is 3.33. The van der Waals surface area contributed by atoms with Crippen LogP contribution in [0.4, 0.5) is 0 Å². The summed E-state index contributed by atoms with van der Waals surface area (Å²) in [4.78, 5) is 11.9. The van der Waals surface area contributed by atoms with Gasteiger partial charge in [0, 0.05) is 18.2 Å². The fourth-order valence-corrected chi connectivity index (χ4v) is 3.75. The number of benzene rings is 1. The first-order valence-corrected chi connectivity index (χ1v) is 8.40. The molecule has 0 aromatic heterocycles. The third-order valence-corrected chi connectivity index (χ3v) is 5.05. The Morgan fingerprint density at radius 2 is 1.95 bits per heavy atom. The minimum absolute atomic E-state index is 0.0553. The molecule has 114 valence electrons. The molecule has 3 N–H and O–H groups in total. The molecule has 1 saturated carbocycles. The van der Waals surface area contributed by atoms with Gasteiger partial charge in [-0.3, -0.25) is 4.79 Å². The number of nitrogens with one attached hydrogen (secondary N) is 1. The summed E-state index contributed by atoms with van der Waals surface area (Å²) in [7, 11) is 0. The maximum atomic E-state index is 11.9. The number of hydrogen-bond donors (Lipinski definition) is 2. The van der Waals surface area contributed by atoms with Gasteiger partial charge in [-0.25, -0.2) is 0 Å². The highest BCUT2D eigenvalue weighted by Crippen LogP contribution is 2.30. The third kappa shape index (κ3) is 3.46. The zero-order valence-corrected chi connectivity index (χ0v) is 12.7. The van der Waals surface area contributed by atoms with Gasteiger partial charge in [-0.15, -0.1) is 0 Å². The summed E-state index contributed by atoms with van der Waals surface area (Å²) in [5.74, 6) is 0.812. The molecule has 1 aliphatic carbocycles. The van der Waals surface area contributed by atoms with Crippen LogP contribution in [0.2, 0.25) is 0 Å². The largest absolute Gasteiger partial charge is 0.352 e. The van der Waals surface area contributed by atoms with Crippen LogP contribution in [0.3, 0.4) is 0 Å². The van der Waals surface area contributed by atoms with Crippen molar-refractivity contribution >= 4 is 5.91 Å². The Kier molecular flexibility index (Phi) is 4.59. The standard InChI is InChI=1S/C18H26N2O/c19-17(11-13-5-3-1-2-4-6-13)15-8-7-14-9-10-20-18(21)16(14)12-15/h7-8,12-13,17H,1-6,9-11,19H2,(H,20,21). The highest BCUT2D eigenvalue weighted by atomic mass is 16.1. The average molecular weight is 286 g/mol. The molecule has 0 saturated heterocycles. The predicted molar refractivity (Wildman–Crippen MR) is 85.2 cm³/mol. The van der Waals surface area contributed by atoms with E-state index in [0.717, 1.165) is 42.0 Å². The number of carbonyl (C=O) groups excluding carboxylic acids is 1. The summed E-state index contributed by atoms with van der Waals surface area (Å²) >= 11 is 0. The van der Waals surface area contributed by atoms with Crippen LogP contribution in [0.15, 0.2) is 18.2 Å². The molecular weight excluding hydrogens is 260 g/mol. The van der Waals surface area contributed by atoms with Gasteiger partial charge in [0.05, 0.1) is 0 Å². The van der Waals surface area contributed by atoms with Crippen molar-refractivity contribution in [3.63, 3.8) is 0 Å². The Morgan fingerprint density at radius 3 is 2.71 bits per heavy atom. The molecule has 21 heavy (non-hydrogen) atoms. The highest BCUT2D eigenvalue weighted by Gasteiger charge is 2.20. The van der Waals surface area contributed by atoms with Crippen LogP contribution in [0.5, 0.6) is 0 Å². The number of nitrogens with two attached hydrogens (primary N) is 1. The first-order chi connectivity index (χ1) is 10.2. The van der Waals surface area contributed by atoms with E-state index in [2.05, 4.69) is 17.4 Å². The lowest BCUT2D eigenvalue weighted by molar-refractivity contribution is 0.0946. The van der Waals surface area contributed by atoms with E-state index in [1.807, 2.05) is 6.07 Å². The van der Waals surface area contributed by atoms with E-state index < -0.39 is 0 Å². The van der Waals surface area contributed by atoms with Crippen LogP contribution in [0.25, 0.3) is 0 Å². The van der Waals surface area contributed by atoms with Crippen LogP contribution in [-0.2, 0) is 6.42 Å². The van der Waals surface area contributed by atoms with Crippen molar-refractivity contribution < 1.29 is 4.79 Å². The lowest BCUT2D eigenvalue weighted by Gasteiger charge is -2.22. The van der Waals surface area contributed by atoms with Crippen LogP contribution in [0, 0.1) is 5.92 Å². The van der Waals surface area contributed by atoms with Crippen molar-refractivity contribution in [3.8, 4) is 0 Å². The third-order valence-electron chi connectivity index (χ3n) is 5.05. The Bertz CT molecular complexity index is 504. The molecule has 0 bridgehead atoms. The summed E-state index contributed by atoms with van der Waals surface area (Å²) in [5, 5.41) is 2.91. The molecule has 1 aliphatic heterocycles. The SMILES string of the molecule is NC(CC1CCCCCC1)c1ccc2c(c1)C(=O)NCC2. The summed E-state index contributed by atoms with van der Waals surface area (Å²) in [6.45, 7) is 0.749. The molecule has 3 rings (SSSR count). The molecule has 0 spiro atoms. The van der Waals surface area contributed by atoms with Crippen molar-refractivity contribution in [3.05, 3.63) is 34.9 Å². The average Bonchev–Trinajstić information content (AvgIpc) is 2.76. The molecule has 1 aromatic rings. The Hall–Kier alpha value is -1.35. The first kappa shape index (κ1) is 14.6. The van der Waals surface area contributed by atoms with E-state index in [9.17, 15) is 4.79 Å². The van der Waals surface area contributed by atoms with Gasteiger partial charge in [-0.2, -0.15) is 0 Å². The minimum Gasteiger partial charge on any atom is -0.352 e. The fourth-order valence-electron chi connectivity index (χ4n) is 3.75. The van der Waals surface area contributed by atoms with Crippen molar-refractivity contribution in [1.82, 2.24) is 5.32 Å². The van der Waals surface area contributed by atoms with Crippen LogP contribution >= 0.6 is 0 Å². The number of carbonyl (C=O) groups is 1. The van der Waals surface area contributed by atoms with Gasteiger partial charge in [0.1, 0.15) is 0 Å². The van der Waals surface area contributed by atoms with Crippen molar-refractivity contribution in [2.45, 2.75) is 57.4 Å². The summed E-state index contributed by atoms with van der Waals surface area (Å²) in [5.41, 5.74) is 9.53. The smallest absolute Gasteiger partial charge is 0.251 e. The Morgan fingerprint density at radius 1 is 1.19 bits per heavy atom. The second kappa shape index (κ2) is 6.61. The number of hydrogen-bond acceptors (Lipinski definition) is 2. The lowest BCUT2D eigenvalue weighted by Crippen LogP contribution is -2.32. The van der Waals surface area contributed by atoms with Crippen molar-refractivity contribution in [1.29, 1.82) is 0 Å². The Labute approximate surface area is 127 Å². The highest BCUT2D eigenvalue weighted by molar-refractivity contribution is 5.96. The molecule has 3 heteroatoms. The van der Waals surface area contributed by atoms with Crippen LogP contribution in [0.1, 0.15) is 72.5 Å². The van der Waals surface area contributed by atoms with E-state index in [0.29, 0.717) is 0 Å². The number of fused-ring (bicyclic) bond motifs is 1. The van der Waals surface area contributed by atoms with Crippen molar-refractivity contribution in [2.24, 2.45) is 11.7 Å². The van der Waals surface area contributed by atoms with E-state index >= 15 is 0 Å². The molecule has 1 fully saturated rings. The summed E-state index contributed by atoms with van der Waals surface area (Å²) in [6, 6.07) is 6.30. The maximum absolute atomic E-state index is 11.9. The topological polar surface area (TPSA) is 55.1 Å². The van der Waals surface area contributed by atoms with Crippen molar-refractivity contribution in [2.75, 3.05) is 6.54 Å².